The standard InChI is InChI=1S/C24H17F2N5OS/c25-16-6-5-7-17(26)21(16)32-15-10-13-28-18(14-15)22-24(31-23(27)33-22,19-8-1-3-11-29-19)20-9-2-4-12-30-20/h1-14,22H,(H2,27,31). The van der Waals surface area contributed by atoms with Crippen LogP contribution in [0.4, 0.5) is 8.78 Å². The van der Waals surface area contributed by atoms with Gasteiger partial charge in [0.1, 0.15) is 5.75 Å². The second-order valence-corrected chi connectivity index (χ2v) is 8.34. The van der Waals surface area contributed by atoms with E-state index in [0.717, 1.165) is 12.1 Å². The van der Waals surface area contributed by atoms with Gasteiger partial charge in [-0.15, -0.1) is 0 Å². The third-order valence-corrected chi connectivity index (χ3v) is 6.33. The van der Waals surface area contributed by atoms with Gasteiger partial charge in [0, 0.05) is 24.7 Å². The summed E-state index contributed by atoms with van der Waals surface area (Å²) in [6.45, 7) is 0. The van der Waals surface area contributed by atoms with Gasteiger partial charge in [0.15, 0.2) is 28.1 Å². The summed E-state index contributed by atoms with van der Waals surface area (Å²) in [5.41, 5.74) is 7.01. The second-order valence-electron chi connectivity index (χ2n) is 7.21. The van der Waals surface area contributed by atoms with Crippen LogP contribution in [0.2, 0.25) is 0 Å². The van der Waals surface area contributed by atoms with Crippen LogP contribution in [0, 0.1) is 11.6 Å². The van der Waals surface area contributed by atoms with E-state index in [2.05, 4.69) is 15.0 Å². The fraction of sp³-hybridized carbons (Fsp3) is 0.0833. The zero-order chi connectivity index (χ0) is 22.8. The van der Waals surface area contributed by atoms with E-state index in [-0.39, 0.29) is 5.75 Å². The van der Waals surface area contributed by atoms with Crippen LogP contribution in [-0.4, -0.2) is 20.1 Å². The number of amidine groups is 1. The molecule has 0 aliphatic carbocycles. The lowest BCUT2D eigenvalue weighted by Gasteiger charge is -2.31. The minimum absolute atomic E-state index is 0.228. The molecule has 0 amide bonds. The summed E-state index contributed by atoms with van der Waals surface area (Å²) >= 11 is 1.32. The fourth-order valence-corrected chi connectivity index (χ4v) is 4.92. The Balaban J connectivity index is 1.62. The number of hydrogen-bond donors (Lipinski definition) is 1. The summed E-state index contributed by atoms with van der Waals surface area (Å²) in [5.74, 6) is -1.85. The van der Waals surface area contributed by atoms with E-state index < -0.39 is 28.2 Å². The van der Waals surface area contributed by atoms with E-state index in [1.807, 2.05) is 36.4 Å². The van der Waals surface area contributed by atoms with Crippen molar-refractivity contribution >= 4 is 16.9 Å². The largest absolute Gasteiger partial charge is 0.451 e. The number of nitrogens with two attached hydrogens (primary N) is 1. The molecule has 1 aliphatic rings. The topological polar surface area (TPSA) is 86.3 Å². The first kappa shape index (κ1) is 21.0. The molecule has 3 aromatic heterocycles. The molecule has 1 aromatic carbocycles. The predicted molar refractivity (Wildman–Crippen MR) is 122 cm³/mol. The molecule has 1 atom stereocenters. The second kappa shape index (κ2) is 8.59. The van der Waals surface area contributed by atoms with Gasteiger partial charge in [0.25, 0.3) is 0 Å². The Bertz CT molecular complexity index is 1260. The number of ether oxygens (including phenoxy) is 1. The number of para-hydroxylation sites is 1. The van der Waals surface area contributed by atoms with Crippen molar-refractivity contribution in [2.45, 2.75) is 10.8 Å². The summed E-state index contributed by atoms with van der Waals surface area (Å²) in [6, 6.07) is 17.8. The molecule has 0 fully saturated rings. The molecule has 0 bridgehead atoms. The zero-order valence-electron chi connectivity index (χ0n) is 17.1. The Morgan fingerprint density at radius 1 is 0.818 bits per heavy atom. The number of halogens is 2. The van der Waals surface area contributed by atoms with Crippen molar-refractivity contribution in [2.24, 2.45) is 10.7 Å². The molecular weight excluding hydrogens is 444 g/mol. The summed E-state index contributed by atoms with van der Waals surface area (Å²) in [4.78, 5) is 18.4. The van der Waals surface area contributed by atoms with Gasteiger partial charge >= 0.3 is 0 Å². The minimum Gasteiger partial charge on any atom is -0.451 e. The molecule has 6 nitrogen and oxygen atoms in total. The van der Waals surface area contributed by atoms with Crippen LogP contribution in [-0.2, 0) is 5.54 Å². The molecule has 9 heteroatoms. The first-order valence-electron chi connectivity index (χ1n) is 10.0. The van der Waals surface area contributed by atoms with Gasteiger partial charge in [-0.2, -0.15) is 0 Å². The molecule has 4 aromatic rings. The number of thioether (sulfide) groups is 1. The Labute approximate surface area is 192 Å². The van der Waals surface area contributed by atoms with E-state index in [0.29, 0.717) is 22.2 Å². The summed E-state index contributed by atoms with van der Waals surface area (Å²) in [5, 5.41) is -0.0964. The summed E-state index contributed by atoms with van der Waals surface area (Å²) in [6.07, 6.45) is 4.87. The molecule has 0 saturated carbocycles. The lowest BCUT2D eigenvalue weighted by molar-refractivity contribution is 0.405. The molecule has 33 heavy (non-hydrogen) atoms. The molecular formula is C24H17F2N5OS. The van der Waals surface area contributed by atoms with Crippen LogP contribution in [0.5, 0.6) is 11.5 Å². The van der Waals surface area contributed by atoms with E-state index in [9.17, 15) is 8.78 Å². The van der Waals surface area contributed by atoms with Crippen molar-refractivity contribution in [1.29, 1.82) is 0 Å². The Kier molecular flexibility index (Phi) is 5.47. The van der Waals surface area contributed by atoms with Gasteiger partial charge in [-0.1, -0.05) is 30.0 Å². The highest BCUT2D eigenvalue weighted by Crippen LogP contribution is 2.54. The van der Waals surface area contributed by atoms with Crippen molar-refractivity contribution < 1.29 is 13.5 Å². The molecule has 4 heterocycles. The van der Waals surface area contributed by atoms with E-state index in [1.165, 1.54) is 30.1 Å². The van der Waals surface area contributed by atoms with E-state index in [1.54, 1.807) is 18.5 Å². The van der Waals surface area contributed by atoms with Gasteiger partial charge < -0.3 is 10.5 Å². The maximum atomic E-state index is 14.1. The predicted octanol–water partition coefficient (Wildman–Crippen LogP) is 4.99. The van der Waals surface area contributed by atoms with Crippen LogP contribution >= 0.6 is 11.8 Å². The first-order valence-corrected chi connectivity index (χ1v) is 10.9. The smallest absolute Gasteiger partial charge is 0.198 e. The Morgan fingerprint density at radius 2 is 1.48 bits per heavy atom. The molecule has 0 radical (unpaired) electrons. The first-order chi connectivity index (χ1) is 16.1. The fourth-order valence-electron chi connectivity index (χ4n) is 3.76. The zero-order valence-corrected chi connectivity index (χ0v) is 17.9. The molecule has 1 aliphatic heterocycles. The summed E-state index contributed by atoms with van der Waals surface area (Å²) < 4.78 is 33.8. The molecule has 0 spiro atoms. The number of pyridine rings is 3. The van der Waals surface area contributed by atoms with Crippen LogP contribution < -0.4 is 10.5 Å². The van der Waals surface area contributed by atoms with Crippen LogP contribution in [0.15, 0.2) is 90.3 Å². The Morgan fingerprint density at radius 3 is 2.09 bits per heavy atom. The lowest BCUT2D eigenvalue weighted by atomic mass is 9.85. The normalized spacial score (nSPS) is 16.9. The maximum absolute atomic E-state index is 14.1. The number of nitrogens with zero attached hydrogens (tertiary/aromatic N) is 4. The molecule has 5 rings (SSSR count). The number of aliphatic imine (C=N–C) groups is 1. The lowest BCUT2D eigenvalue weighted by Crippen LogP contribution is -2.31. The van der Waals surface area contributed by atoms with Gasteiger partial charge in [-0.25, -0.2) is 13.8 Å². The highest BCUT2D eigenvalue weighted by molar-refractivity contribution is 8.14. The van der Waals surface area contributed by atoms with Crippen molar-refractivity contribution in [3.05, 3.63) is 114 Å². The highest BCUT2D eigenvalue weighted by Gasteiger charge is 2.51. The third-order valence-electron chi connectivity index (χ3n) is 5.18. The number of aromatic nitrogens is 3. The number of hydrogen-bond acceptors (Lipinski definition) is 7. The highest BCUT2D eigenvalue weighted by atomic mass is 32.2. The van der Waals surface area contributed by atoms with Crippen molar-refractivity contribution in [3.63, 3.8) is 0 Å². The van der Waals surface area contributed by atoms with Crippen molar-refractivity contribution in [2.75, 3.05) is 0 Å². The van der Waals surface area contributed by atoms with Gasteiger partial charge in [0.2, 0.25) is 0 Å². The molecule has 2 N–H and O–H groups in total. The van der Waals surface area contributed by atoms with Gasteiger partial charge in [-0.05, 0) is 42.5 Å². The maximum Gasteiger partial charge on any atom is 0.198 e. The third kappa shape index (κ3) is 3.80. The van der Waals surface area contributed by atoms with Crippen molar-refractivity contribution in [1.82, 2.24) is 15.0 Å². The van der Waals surface area contributed by atoms with Gasteiger partial charge in [-0.3, -0.25) is 15.0 Å². The Hall–Kier alpha value is -3.85. The number of benzene rings is 1. The van der Waals surface area contributed by atoms with Gasteiger partial charge in [0.05, 0.1) is 22.3 Å². The number of rotatable bonds is 5. The SMILES string of the molecule is NC1=NC(c2ccccn2)(c2ccccn2)C(c2cc(Oc3c(F)cccc3F)ccn2)S1. The molecule has 0 saturated heterocycles. The van der Waals surface area contributed by atoms with Crippen LogP contribution in [0.3, 0.4) is 0 Å². The average Bonchev–Trinajstić information content (AvgIpc) is 3.21. The van der Waals surface area contributed by atoms with Crippen LogP contribution in [0.1, 0.15) is 22.3 Å². The quantitative estimate of drug-likeness (QED) is 0.451. The van der Waals surface area contributed by atoms with E-state index >= 15 is 0 Å². The minimum atomic E-state index is -1.05. The van der Waals surface area contributed by atoms with Crippen LogP contribution in [0.25, 0.3) is 0 Å². The average molecular weight is 461 g/mol. The van der Waals surface area contributed by atoms with Crippen molar-refractivity contribution in [3.8, 4) is 11.5 Å². The molecule has 1 unspecified atom stereocenters. The summed E-state index contributed by atoms with van der Waals surface area (Å²) in [7, 11) is 0. The monoisotopic (exact) mass is 461 g/mol. The molecule has 164 valence electrons. The van der Waals surface area contributed by atoms with E-state index in [4.69, 9.17) is 15.5 Å².